The third-order valence-electron chi connectivity index (χ3n) is 3.75. The van der Waals surface area contributed by atoms with E-state index in [1.165, 1.54) is 23.8 Å². The SMILES string of the molecule is Cc1ccc(C23CC2CN=C3C=N)cc1. The predicted molar refractivity (Wildman–Crippen MR) is 62.0 cm³/mol. The first-order valence-corrected chi connectivity index (χ1v) is 5.40. The highest BCUT2D eigenvalue weighted by atomic mass is 14.9. The number of rotatable bonds is 2. The van der Waals surface area contributed by atoms with E-state index >= 15 is 0 Å². The first-order chi connectivity index (χ1) is 7.27. The van der Waals surface area contributed by atoms with E-state index in [9.17, 15) is 0 Å². The molecule has 1 aromatic rings. The van der Waals surface area contributed by atoms with Gasteiger partial charge in [0.25, 0.3) is 0 Å². The summed E-state index contributed by atoms with van der Waals surface area (Å²) in [6.45, 7) is 3.02. The van der Waals surface area contributed by atoms with Gasteiger partial charge in [-0.2, -0.15) is 0 Å². The minimum Gasteiger partial charge on any atom is -0.307 e. The van der Waals surface area contributed by atoms with Crippen LogP contribution >= 0.6 is 0 Å². The molecule has 2 nitrogen and oxygen atoms in total. The maximum absolute atomic E-state index is 7.42. The molecule has 1 aromatic carbocycles. The van der Waals surface area contributed by atoms with E-state index in [-0.39, 0.29) is 5.41 Å². The van der Waals surface area contributed by atoms with Crippen LogP contribution in [0.2, 0.25) is 0 Å². The second kappa shape index (κ2) is 2.78. The summed E-state index contributed by atoms with van der Waals surface area (Å²) >= 11 is 0. The van der Waals surface area contributed by atoms with Gasteiger partial charge < -0.3 is 5.41 Å². The van der Waals surface area contributed by atoms with Crippen LogP contribution in [0.3, 0.4) is 0 Å². The zero-order valence-corrected chi connectivity index (χ0v) is 8.83. The molecule has 0 aromatic heterocycles. The van der Waals surface area contributed by atoms with Crippen molar-refractivity contribution in [1.29, 1.82) is 5.41 Å². The maximum atomic E-state index is 7.42. The molecule has 0 saturated heterocycles. The van der Waals surface area contributed by atoms with Gasteiger partial charge in [0.2, 0.25) is 0 Å². The fourth-order valence-corrected chi connectivity index (χ4v) is 2.74. The van der Waals surface area contributed by atoms with E-state index in [0.29, 0.717) is 5.92 Å². The summed E-state index contributed by atoms with van der Waals surface area (Å²) in [6, 6.07) is 8.69. The molecule has 1 heterocycles. The van der Waals surface area contributed by atoms with Gasteiger partial charge in [0, 0.05) is 18.2 Å². The minimum absolute atomic E-state index is 0.120. The molecule has 2 atom stereocenters. The van der Waals surface area contributed by atoms with Crippen LogP contribution < -0.4 is 0 Å². The van der Waals surface area contributed by atoms with E-state index in [1.807, 2.05) is 0 Å². The fourth-order valence-electron chi connectivity index (χ4n) is 2.74. The number of hydrogen-bond acceptors (Lipinski definition) is 2. The average Bonchev–Trinajstić information content (AvgIpc) is 2.88. The van der Waals surface area contributed by atoms with Crippen molar-refractivity contribution < 1.29 is 0 Å². The summed E-state index contributed by atoms with van der Waals surface area (Å²) in [5.41, 5.74) is 3.74. The molecule has 0 bridgehead atoms. The summed E-state index contributed by atoms with van der Waals surface area (Å²) in [5.74, 6) is 0.664. The Morgan fingerprint density at radius 1 is 1.40 bits per heavy atom. The molecule has 2 heteroatoms. The fraction of sp³-hybridized carbons (Fsp3) is 0.385. The number of fused-ring (bicyclic) bond motifs is 1. The number of benzene rings is 1. The number of hydrogen-bond donors (Lipinski definition) is 1. The Balaban J connectivity index is 2.05. The van der Waals surface area contributed by atoms with E-state index in [0.717, 1.165) is 12.3 Å². The standard InChI is InChI=1S/C13H14N2/c1-9-2-4-10(5-3-9)13-6-11(13)8-15-12(13)7-14/h2-5,7,11,14H,6,8H2,1H3. The summed E-state index contributed by atoms with van der Waals surface area (Å²) in [6.07, 6.45) is 2.62. The highest BCUT2D eigenvalue weighted by Gasteiger charge is 2.60. The second-order valence-corrected chi connectivity index (χ2v) is 4.61. The Hall–Kier alpha value is -1.44. The monoisotopic (exact) mass is 198 g/mol. The summed E-state index contributed by atoms with van der Waals surface area (Å²) < 4.78 is 0. The van der Waals surface area contributed by atoms with E-state index in [2.05, 4.69) is 36.2 Å². The molecule has 1 saturated carbocycles. The molecular weight excluding hydrogens is 184 g/mol. The van der Waals surface area contributed by atoms with Crippen molar-refractivity contribution in [3.05, 3.63) is 35.4 Å². The van der Waals surface area contributed by atoms with Crippen LogP contribution in [0.15, 0.2) is 29.3 Å². The van der Waals surface area contributed by atoms with Crippen molar-refractivity contribution in [2.24, 2.45) is 10.9 Å². The Labute approximate surface area is 89.6 Å². The zero-order valence-electron chi connectivity index (χ0n) is 8.83. The van der Waals surface area contributed by atoms with Gasteiger partial charge in [0.05, 0.1) is 5.71 Å². The predicted octanol–water partition coefficient (Wildman–Crippen LogP) is 2.36. The van der Waals surface area contributed by atoms with E-state index < -0.39 is 0 Å². The second-order valence-electron chi connectivity index (χ2n) is 4.61. The van der Waals surface area contributed by atoms with Crippen LogP contribution in [0.25, 0.3) is 0 Å². The molecule has 3 rings (SSSR count). The van der Waals surface area contributed by atoms with Crippen LogP contribution in [-0.2, 0) is 5.41 Å². The zero-order chi connectivity index (χ0) is 10.5. The molecular formula is C13H14N2. The van der Waals surface area contributed by atoms with Crippen molar-refractivity contribution in [2.45, 2.75) is 18.8 Å². The first kappa shape index (κ1) is 8.84. The van der Waals surface area contributed by atoms with Crippen molar-refractivity contribution >= 4 is 11.9 Å². The highest BCUT2D eigenvalue weighted by Crippen LogP contribution is 2.58. The number of nitrogens with zero attached hydrogens (tertiary/aromatic N) is 1. The van der Waals surface area contributed by atoms with Gasteiger partial charge in [-0.05, 0) is 24.8 Å². The lowest BCUT2D eigenvalue weighted by Crippen LogP contribution is -2.20. The van der Waals surface area contributed by atoms with Crippen molar-refractivity contribution in [3.63, 3.8) is 0 Å². The third-order valence-corrected chi connectivity index (χ3v) is 3.75. The summed E-state index contributed by atoms with van der Waals surface area (Å²) in [4.78, 5) is 4.43. The Bertz CT molecular complexity index is 444. The molecule has 2 aliphatic rings. The lowest BCUT2D eigenvalue weighted by atomic mass is 9.89. The number of nitrogens with one attached hydrogen (secondary N) is 1. The first-order valence-electron chi connectivity index (χ1n) is 5.40. The number of aryl methyl sites for hydroxylation is 1. The van der Waals surface area contributed by atoms with Gasteiger partial charge in [-0.15, -0.1) is 0 Å². The molecule has 1 fully saturated rings. The quantitative estimate of drug-likeness (QED) is 0.708. The van der Waals surface area contributed by atoms with Crippen LogP contribution in [0.5, 0.6) is 0 Å². The molecule has 0 radical (unpaired) electrons. The summed E-state index contributed by atoms with van der Waals surface area (Å²) in [5, 5.41) is 7.42. The molecule has 0 amide bonds. The topological polar surface area (TPSA) is 36.2 Å². The van der Waals surface area contributed by atoms with Crippen molar-refractivity contribution in [2.75, 3.05) is 6.54 Å². The van der Waals surface area contributed by atoms with E-state index in [1.54, 1.807) is 0 Å². The van der Waals surface area contributed by atoms with Crippen LogP contribution in [0.4, 0.5) is 0 Å². The third kappa shape index (κ3) is 1.05. The lowest BCUT2D eigenvalue weighted by molar-refractivity contribution is 0.813. The normalized spacial score (nSPS) is 32.1. The lowest BCUT2D eigenvalue weighted by Gasteiger charge is -2.13. The average molecular weight is 198 g/mol. The minimum atomic E-state index is 0.120. The van der Waals surface area contributed by atoms with Crippen LogP contribution in [-0.4, -0.2) is 18.5 Å². The highest BCUT2D eigenvalue weighted by molar-refractivity contribution is 6.35. The van der Waals surface area contributed by atoms with Crippen molar-refractivity contribution in [3.8, 4) is 0 Å². The molecule has 2 unspecified atom stereocenters. The van der Waals surface area contributed by atoms with Crippen LogP contribution in [0.1, 0.15) is 17.5 Å². The van der Waals surface area contributed by atoms with Crippen molar-refractivity contribution in [1.82, 2.24) is 0 Å². The van der Waals surface area contributed by atoms with Gasteiger partial charge in [-0.3, -0.25) is 4.99 Å². The van der Waals surface area contributed by atoms with Crippen LogP contribution in [0, 0.1) is 18.3 Å². The largest absolute Gasteiger partial charge is 0.307 e. The Morgan fingerprint density at radius 2 is 2.13 bits per heavy atom. The Morgan fingerprint density at radius 3 is 2.73 bits per heavy atom. The van der Waals surface area contributed by atoms with E-state index in [4.69, 9.17) is 5.41 Å². The van der Waals surface area contributed by atoms with Gasteiger partial charge >= 0.3 is 0 Å². The Kier molecular flexibility index (Phi) is 1.64. The van der Waals surface area contributed by atoms with Gasteiger partial charge in [0.1, 0.15) is 0 Å². The molecule has 0 spiro atoms. The molecule has 1 aliphatic heterocycles. The van der Waals surface area contributed by atoms with Gasteiger partial charge in [-0.25, -0.2) is 0 Å². The summed E-state index contributed by atoms with van der Waals surface area (Å²) in [7, 11) is 0. The number of aliphatic imine (C=N–C) groups is 1. The van der Waals surface area contributed by atoms with Gasteiger partial charge in [-0.1, -0.05) is 29.8 Å². The molecule has 1 N–H and O–H groups in total. The smallest absolute Gasteiger partial charge is 0.0632 e. The van der Waals surface area contributed by atoms with Gasteiger partial charge in [0.15, 0.2) is 0 Å². The maximum Gasteiger partial charge on any atom is 0.0632 e. The molecule has 1 aliphatic carbocycles. The molecule has 15 heavy (non-hydrogen) atoms. The molecule has 76 valence electrons.